The Balaban J connectivity index is 2.79. The van der Waals surface area contributed by atoms with E-state index in [9.17, 15) is 0 Å². The first-order chi connectivity index (χ1) is 6.86. The van der Waals surface area contributed by atoms with Gasteiger partial charge in [-0.2, -0.15) is 0 Å². The van der Waals surface area contributed by atoms with Gasteiger partial charge in [0, 0.05) is 4.91 Å². The second-order valence-corrected chi connectivity index (χ2v) is 3.85. The Morgan fingerprint density at radius 1 is 1.29 bits per heavy atom. The summed E-state index contributed by atoms with van der Waals surface area (Å²) in [5.41, 5.74) is 1.26. The Morgan fingerprint density at radius 3 is 2.57 bits per heavy atom. The van der Waals surface area contributed by atoms with Crippen LogP contribution in [0.4, 0.5) is 0 Å². The van der Waals surface area contributed by atoms with Crippen molar-refractivity contribution in [3.8, 4) is 0 Å². The summed E-state index contributed by atoms with van der Waals surface area (Å²) in [6, 6.07) is 10.4. The lowest BCUT2D eigenvalue weighted by atomic mass is 10.2. The van der Waals surface area contributed by atoms with Crippen LogP contribution in [0.5, 0.6) is 0 Å². The van der Waals surface area contributed by atoms with Crippen molar-refractivity contribution in [3.05, 3.63) is 53.0 Å². The van der Waals surface area contributed by atoms with E-state index in [4.69, 9.17) is 0 Å². The van der Waals surface area contributed by atoms with E-state index in [1.807, 2.05) is 6.07 Å². The number of benzene rings is 1. The number of hydrogen-bond donors (Lipinski definition) is 0. The van der Waals surface area contributed by atoms with Crippen molar-refractivity contribution < 1.29 is 0 Å². The molecule has 0 heterocycles. The van der Waals surface area contributed by atoms with Crippen LogP contribution in [0.1, 0.15) is 18.9 Å². The molecule has 0 saturated carbocycles. The summed E-state index contributed by atoms with van der Waals surface area (Å²) in [5, 5.41) is 0. The van der Waals surface area contributed by atoms with Crippen molar-refractivity contribution in [3.63, 3.8) is 0 Å². The zero-order valence-corrected chi connectivity index (χ0v) is 9.55. The second kappa shape index (κ2) is 6.50. The zero-order chi connectivity index (χ0) is 10.2. The average molecular weight is 204 g/mol. The molecular weight excluding hydrogens is 188 g/mol. The normalized spacial score (nSPS) is 12.3. The minimum absolute atomic E-state index is 1.09. The molecule has 1 rings (SSSR count). The Kier molecular flexibility index (Phi) is 5.16. The smallest absolute Gasteiger partial charge is 0.00719 e. The van der Waals surface area contributed by atoms with Gasteiger partial charge in [-0.3, -0.25) is 0 Å². The summed E-state index contributed by atoms with van der Waals surface area (Å²) in [4.78, 5) is 1.30. The second-order valence-electron chi connectivity index (χ2n) is 2.97. The first-order valence-corrected chi connectivity index (χ1v) is 6.06. The van der Waals surface area contributed by atoms with E-state index in [0.29, 0.717) is 0 Å². The van der Waals surface area contributed by atoms with Crippen molar-refractivity contribution in [2.45, 2.75) is 13.3 Å². The average Bonchev–Trinajstić information content (AvgIpc) is 2.25. The molecule has 0 unspecified atom stereocenters. The molecule has 0 amide bonds. The summed E-state index contributed by atoms with van der Waals surface area (Å²) in [7, 11) is 0. The molecule has 0 fully saturated rings. The van der Waals surface area contributed by atoms with Crippen LogP contribution in [0, 0.1) is 0 Å². The maximum Gasteiger partial charge on any atom is 0.00719 e. The molecule has 0 nitrogen and oxygen atoms in total. The summed E-state index contributed by atoms with van der Waals surface area (Å²) in [6.07, 6.45) is 9.77. The van der Waals surface area contributed by atoms with Crippen molar-refractivity contribution in [1.29, 1.82) is 0 Å². The van der Waals surface area contributed by atoms with Crippen LogP contribution in [0.15, 0.2) is 47.4 Å². The molecule has 0 saturated heterocycles. The van der Waals surface area contributed by atoms with Crippen LogP contribution in [-0.2, 0) is 0 Å². The fourth-order valence-electron chi connectivity index (χ4n) is 1.12. The van der Waals surface area contributed by atoms with E-state index in [-0.39, 0.29) is 0 Å². The van der Waals surface area contributed by atoms with Gasteiger partial charge in [0.05, 0.1) is 0 Å². The molecule has 0 spiro atoms. The van der Waals surface area contributed by atoms with Crippen LogP contribution in [-0.4, -0.2) is 6.26 Å². The van der Waals surface area contributed by atoms with Gasteiger partial charge in [-0.05, 0) is 24.3 Å². The number of thioether (sulfide) groups is 1. The summed E-state index contributed by atoms with van der Waals surface area (Å²) in [5.74, 6) is 0. The SMILES string of the molecule is CC/C=C/C(=C\c1ccccc1)SC. The highest BCUT2D eigenvalue weighted by Gasteiger charge is 1.89. The molecule has 74 valence electrons. The van der Waals surface area contributed by atoms with Crippen molar-refractivity contribution in [2.75, 3.05) is 6.26 Å². The van der Waals surface area contributed by atoms with Crippen LogP contribution in [0.2, 0.25) is 0 Å². The Labute approximate surface area is 90.7 Å². The molecule has 0 aliphatic rings. The zero-order valence-electron chi connectivity index (χ0n) is 8.73. The number of rotatable bonds is 4. The monoisotopic (exact) mass is 204 g/mol. The molecule has 0 aromatic heterocycles. The largest absolute Gasteiger partial charge is 0.130 e. The maximum atomic E-state index is 2.21. The van der Waals surface area contributed by atoms with Crippen molar-refractivity contribution in [2.24, 2.45) is 0 Å². The highest BCUT2D eigenvalue weighted by molar-refractivity contribution is 8.02. The lowest BCUT2D eigenvalue weighted by Crippen LogP contribution is -1.73. The first-order valence-electron chi connectivity index (χ1n) is 4.84. The van der Waals surface area contributed by atoms with Crippen LogP contribution >= 0.6 is 11.8 Å². The van der Waals surface area contributed by atoms with Crippen molar-refractivity contribution in [1.82, 2.24) is 0 Å². The van der Waals surface area contributed by atoms with Gasteiger partial charge in [-0.25, -0.2) is 0 Å². The third-order valence-corrected chi connectivity index (χ3v) is 2.59. The predicted octanol–water partition coefficient (Wildman–Crippen LogP) is 4.36. The molecule has 1 aromatic rings. The topological polar surface area (TPSA) is 0 Å². The molecular formula is C13H16S. The van der Waals surface area contributed by atoms with Gasteiger partial charge in [0.25, 0.3) is 0 Å². The van der Waals surface area contributed by atoms with Gasteiger partial charge in [-0.1, -0.05) is 49.4 Å². The molecule has 1 aromatic carbocycles. The minimum atomic E-state index is 1.09. The lowest BCUT2D eigenvalue weighted by molar-refractivity contribution is 1.22. The maximum absolute atomic E-state index is 2.21. The highest BCUT2D eigenvalue weighted by atomic mass is 32.2. The van der Waals surface area contributed by atoms with Crippen molar-refractivity contribution >= 4 is 17.8 Å². The molecule has 0 aliphatic heterocycles. The third kappa shape index (κ3) is 3.84. The van der Waals surface area contributed by atoms with Gasteiger partial charge >= 0.3 is 0 Å². The van der Waals surface area contributed by atoms with Gasteiger partial charge < -0.3 is 0 Å². The molecule has 0 radical (unpaired) electrons. The van der Waals surface area contributed by atoms with Gasteiger partial charge in [0.15, 0.2) is 0 Å². The van der Waals surface area contributed by atoms with Crippen LogP contribution in [0.25, 0.3) is 6.08 Å². The molecule has 0 aliphatic carbocycles. The lowest BCUT2D eigenvalue weighted by Gasteiger charge is -1.97. The highest BCUT2D eigenvalue weighted by Crippen LogP contribution is 2.17. The molecule has 14 heavy (non-hydrogen) atoms. The molecule has 0 N–H and O–H groups in total. The third-order valence-electron chi connectivity index (χ3n) is 1.86. The number of allylic oxidation sites excluding steroid dienone is 2. The number of hydrogen-bond acceptors (Lipinski definition) is 1. The minimum Gasteiger partial charge on any atom is -0.130 e. The summed E-state index contributed by atoms with van der Waals surface area (Å²) in [6.45, 7) is 2.15. The van der Waals surface area contributed by atoms with E-state index < -0.39 is 0 Å². The van der Waals surface area contributed by atoms with E-state index in [0.717, 1.165) is 6.42 Å². The summed E-state index contributed by atoms with van der Waals surface area (Å²) >= 11 is 1.78. The quantitative estimate of drug-likeness (QED) is 0.657. The Bertz CT molecular complexity index is 309. The van der Waals surface area contributed by atoms with Gasteiger partial charge in [-0.15, -0.1) is 11.8 Å². The van der Waals surface area contributed by atoms with Gasteiger partial charge in [0.2, 0.25) is 0 Å². The van der Waals surface area contributed by atoms with Crippen LogP contribution in [0.3, 0.4) is 0 Å². The molecule has 1 heteroatoms. The van der Waals surface area contributed by atoms with E-state index in [1.54, 1.807) is 11.8 Å². The molecule has 0 atom stereocenters. The van der Waals surface area contributed by atoms with E-state index in [2.05, 4.69) is 55.7 Å². The van der Waals surface area contributed by atoms with E-state index >= 15 is 0 Å². The Morgan fingerprint density at radius 2 is 2.00 bits per heavy atom. The van der Waals surface area contributed by atoms with E-state index in [1.165, 1.54) is 10.5 Å². The fraction of sp³-hybridized carbons (Fsp3) is 0.231. The standard InChI is InChI=1S/C13H16S/c1-3-4-10-13(14-2)11-12-8-6-5-7-9-12/h4-11H,3H2,1-2H3/b10-4+,13-11+. The fourth-order valence-corrected chi connectivity index (χ4v) is 1.61. The predicted molar refractivity (Wildman–Crippen MR) is 67.4 cm³/mol. The Hall–Kier alpha value is -0.950. The molecule has 0 bridgehead atoms. The first kappa shape index (κ1) is 11.1. The summed E-state index contributed by atoms with van der Waals surface area (Å²) < 4.78 is 0. The van der Waals surface area contributed by atoms with Crippen LogP contribution < -0.4 is 0 Å². The van der Waals surface area contributed by atoms with Gasteiger partial charge in [0.1, 0.15) is 0 Å².